The van der Waals surface area contributed by atoms with Crippen LogP contribution in [0, 0.1) is 0 Å². The van der Waals surface area contributed by atoms with Crippen molar-refractivity contribution in [1.82, 2.24) is 9.88 Å². The minimum atomic E-state index is -0.0773. The molecule has 1 atom stereocenters. The molecule has 2 aromatic rings. The van der Waals surface area contributed by atoms with Crippen LogP contribution in [0.25, 0.3) is 5.57 Å². The van der Waals surface area contributed by atoms with Crippen molar-refractivity contribution in [3.05, 3.63) is 46.5 Å². The zero-order chi connectivity index (χ0) is 19.2. The predicted molar refractivity (Wildman–Crippen MR) is 109 cm³/mol. The van der Waals surface area contributed by atoms with Gasteiger partial charge in [0.05, 0.1) is 12.8 Å². The second kappa shape index (κ2) is 8.79. The van der Waals surface area contributed by atoms with Crippen molar-refractivity contribution >= 4 is 34.7 Å². The molecule has 27 heavy (non-hydrogen) atoms. The van der Waals surface area contributed by atoms with Gasteiger partial charge in [0.1, 0.15) is 16.5 Å². The van der Waals surface area contributed by atoms with Crippen LogP contribution in [0.2, 0.25) is 0 Å². The molecule has 1 aliphatic heterocycles. The Morgan fingerprint density at radius 1 is 1.52 bits per heavy atom. The summed E-state index contributed by atoms with van der Waals surface area (Å²) in [7, 11) is 1.61. The van der Waals surface area contributed by atoms with Crippen molar-refractivity contribution in [3.63, 3.8) is 0 Å². The molecular weight excluding hydrogens is 362 g/mol. The molecule has 142 valence electrons. The Hall–Kier alpha value is -2.71. The van der Waals surface area contributed by atoms with E-state index in [1.807, 2.05) is 29.2 Å². The maximum atomic E-state index is 12.7. The Morgan fingerprint density at radius 2 is 2.37 bits per heavy atom. The molecule has 1 fully saturated rings. The van der Waals surface area contributed by atoms with E-state index >= 15 is 0 Å². The van der Waals surface area contributed by atoms with Crippen molar-refractivity contribution < 1.29 is 9.53 Å². The molecule has 0 spiro atoms. The van der Waals surface area contributed by atoms with E-state index in [0.29, 0.717) is 22.8 Å². The molecule has 0 saturated carbocycles. The third-order valence-electron chi connectivity index (χ3n) is 4.47. The average molecular weight is 385 g/mol. The fraction of sp³-hybridized carbons (Fsp3) is 0.316. The minimum absolute atomic E-state index is 0.0773. The van der Waals surface area contributed by atoms with Crippen LogP contribution >= 0.6 is 11.3 Å². The van der Waals surface area contributed by atoms with Crippen LogP contribution in [0.15, 0.2) is 40.8 Å². The van der Waals surface area contributed by atoms with Gasteiger partial charge in [-0.05, 0) is 25.0 Å². The number of thiazole rings is 1. The number of allylic oxidation sites excluding steroid dienone is 1. The topological polar surface area (TPSA) is 107 Å². The monoisotopic (exact) mass is 385 g/mol. The zero-order valence-electron chi connectivity index (χ0n) is 15.2. The van der Waals surface area contributed by atoms with E-state index in [-0.39, 0.29) is 11.9 Å². The smallest absolute Gasteiger partial charge is 0.273 e. The molecule has 1 aliphatic rings. The lowest BCUT2D eigenvalue weighted by Gasteiger charge is -2.22. The van der Waals surface area contributed by atoms with E-state index < -0.39 is 0 Å². The van der Waals surface area contributed by atoms with Gasteiger partial charge in [-0.1, -0.05) is 6.07 Å². The van der Waals surface area contributed by atoms with Gasteiger partial charge in [-0.2, -0.15) is 0 Å². The van der Waals surface area contributed by atoms with Gasteiger partial charge < -0.3 is 21.1 Å². The normalized spacial score (nSPS) is 17.6. The summed E-state index contributed by atoms with van der Waals surface area (Å²) in [6.07, 6.45) is 5.00. The first-order valence-corrected chi connectivity index (χ1v) is 9.61. The molecule has 8 heteroatoms. The number of rotatable bonds is 6. The molecule has 0 bridgehead atoms. The Kier molecular flexibility index (Phi) is 6.20. The Labute approximate surface area is 162 Å². The third kappa shape index (κ3) is 4.35. The lowest BCUT2D eigenvalue weighted by atomic mass is 10.2. The summed E-state index contributed by atoms with van der Waals surface area (Å²) in [4.78, 5) is 23.4. The van der Waals surface area contributed by atoms with Gasteiger partial charge in [-0.25, -0.2) is 4.98 Å². The summed E-state index contributed by atoms with van der Waals surface area (Å²) in [5.74, 6) is 0.650. The molecule has 1 aromatic carbocycles. The standard InChI is InChI=1S/C19H23N5O2S/c1-26-16-6-2-4-14(8-16)22-11-13(9-20)18-23-17(12-27-18)19(25)24-7-3-5-15(24)10-21/h2,4,6,8-9,11-12,15H,3,5,7,10,20-21H2,1H3/b13-9+,22-11?/t15-/m1/s1. The number of nitrogens with two attached hydrogens (primary N) is 2. The van der Waals surface area contributed by atoms with E-state index in [4.69, 9.17) is 16.2 Å². The predicted octanol–water partition coefficient (Wildman–Crippen LogP) is 2.42. The number of hydrogen-bond acceptors (Lipinski definition) is 7. The van der Waals surface area contributed by atoms with Crippen molar-refractivity contribution in [2.75, 3.05) is 20.2 Å². The van der Waals surface area contributed by atoms with Gasteiger partial charge in [0.2, 0.25) is 0 Å². The first kappa shape index (κ1) is 19.1. The molecule has 1 saturated heterocycles. The molecular formula is C19H23N5O2S. The van der Waals surface area contributed by atoms with E-state index in [1.165, 1.54) is 17.5 Å². The number of hydrogen-bond donors (Lipinski definition) is 2. The first-order chi connectivity index (χ1) is 13.2. The number of methoxy groups -OCH3 is 1. The summed E-state index contributed by atoms with van der Waals surface area (Å²) in [6, 6.07) is 7.50. The van der Waals surface area contributed by atoms with Gasteiger partial charge in [0, 0.05) is 48.6 Å². The van der Waals surface area contributed by atoms with Crippen molar-refractivity contribution in [2.45, 2.75) is 18.9 Å². The maximum absolute atomic E-state index is 12.7. The number of aromatic nitrogens is 1. The summed E-state index contributed by atoms with van der Waals surface area (Å²) in [5.41, 5.74) is 13.3. The van der Waals surface area contributed by atoms with E-state index in [9.17, 15) is 4.79 Å². The largest absolute Gasteiger partial charge is 0.497 e. The highest BCUT2D eigenvalue weighted by atomic mass is 32.1. The zero-order valence-corrected chi connectivity index (χ0v) is 16.0. The second-order valence-corrected chi connectivity index (χ2v) is 7.01. The lowest BCUT2D eigenvalue weighted by Crippen LogP contribution is -2.40. The maximum Gasteiger partial charge on any atom is 0.273 e. The fourth-order valence-electron chi connectivity index (χ4n) is 3.00. The van der Waals surface area contributed by atoms with Crippen molar-refractivity contribution in [2.24, 2.45) is 16.5 Å². The SMILES string of the molecule is COc1cccc(N=C/C(=C\N)c2nc(C(=O)N3CCC[C@@H]3CN)cs2)c1. The highest BCUT2D eigenvalue weighted by molar-refractivity contribution is 7.11. The lowest BCUT2D eigenvalue weighted by molar-refractivity contribution is 0.0736. The second-order valence-electron chi connectivity index (χ2n) is 6.15. The third-order valence-corrected chi connectivity index (χ3v) is 5.36. The quantitative estimate of drug-likeness (QED) is 0.743. The van der Waals surface area contributed by atoms with Crippen LogP contribution in [0.4, 0.5) is 5.69 Å². The molecule has 7 nitrogen and oxygen atoms in total. The van der Waals surface area contributed by atoms with Gasteiger partial charge in [-0.15, -0.1) is 11.3 Å². The highest BCUT2D eigenvalue weighted by Gasteiger charge is 2.29. The van der Waals surface area contributed by atoms with Crippen molar-refractivity contribution in [1.29, 1.82) is 0 Å². The molecule has 1 amide bonds. The molecule has 4 N–H and O–H groups in total. The average Bonchev–Trinajstić information content (AvgIpc) is 3.38. The minimum Gasteiger partial charge on any atom is -0.497 e. The molecule has 0 aliphatic carbocycles. The summed E-state index contributed by atoms with van der Waals surface area (Å²) in [5, 5.41) is 2.41. The van der Waals surface area contributed by atoms with Crippen LogP contribution < -0.4 is 16.2 Å². The summed E-state index contributed by atoms with van der Waals surface area (Å²) in [6.45, 7) is 1.20. The number of benzene rings is 1. The van der Waals surface area contributed by atoms with Crippen LogP contribution in [0.5, 0.6) is 5.75 Å². The van der Waals surface area contributed by atoms with Gasteiger partial charge in [0.15, 0.2) is 0 Å². The molecule has 1 aromatic heterocycles. The van der Waals surface area contributed by atoms with E-state index in [0.717, 1.165) is 30.8 Å². The van der Waals surface area contributed by atoms with Crippen LogP contribution in [-0.4, -0.2) is 48.2 Å². The number of amides is 1. The van der Waals surface area contributed by atoms with Crippen molar-refractivity contribution in [3.8, 4) is 5.75 Å². The number of carbonyl (C=O) groups excluding carboxylic acids is 1. The number of carbonyl (C=O) groups is 1. The molecule has 0 radical (unpaired) electrons. The van der Waals surface area contributed by atoms with Crippen LogP contribution in [0.3, 0.4) is 0 Å². The molecule has 2 heterocycles. The molecule has 0 unspecified atom stereocenters. The Bertz CT molecular complexity index is 861. The number of aliphatic imine (C=N–C) groups is 1. The summed E-state index contributed by atoms with van der Waals surface area (Å²) >= 11 is 1.37. The number of ether oxygens (including phenoxy) is 1. The van der Waals surface area contributed by atoms with E-state index in [1.54, 1.807) is 18.7 Å². The van der Waals surface area contributed by atoms with Crippen LogP contribution in [0.1, 0.15) is 28.3 Å². The fourth-order valence-corrected chi connectivity index (χ4v) is 3.79. The highest BCUT2D eigenvalue weighted by Crippen LogP contribution is 2.24. The van der Waals surface area contributed by atoms with Crippen LogP contribution in [-0.2, 0) is 0 Å². The first-order valence-electron chi connectivity index (χ1n) is 8.73. The Morgan fingerprint density at radius 3 is 3.11 bits per heavy atom. The van der Waals surface area contributed by atoms with Gasteiger partial charge in [0.25, 0.3) is 5.91 Å². The van der Waals surface area contributed by atoms with Gasteiger partial charge >= 0.3 is 0 Å². The Balaban J connectivity index is 1.75. The number of nitrogens with zero attached hydrogens (tertiary/aromatic N) is 3. The van der Waals surface area contributed by atoms with Gasteiger partial charge in [-0.3, -0.25) is 9.79 Å². The molecule has 3 rings (SSSR count). The number of likely N-dealkylation sites (tertiary alicyclic amines) is 1. The summed E-state index contributed by atoms with van der Waals surface area (Å²) < 4.78 is 5.19. The van der Waals surface area contributed by atoms with E-state index in [2.05, 4.69) is 9.98 Å².